The molecule has 1 aliphatic rings. The largest absolute Gasteiger partial charge is 0.340 e. The van der Waals surface area contributed by atoms with E-state index in [9.17, 15) is 4.79 Å². The molecule has 2 aromatic carbocycles. The summed E-state index contributed by atoms with van der Waals surface area (Å²) in [5, 5.41) is 0. The molecule has 4 nitrogen and oxygen atoms in total. The molecular weight excluding hydrogens is 322 g/mol. The number of aromatic nitrogens is 2. The fourth-order valence-corrected chi connectivity index (χ4v) is 4.15. The molecule has 4 rings (SSSR count). The van der Waals surface area contributed by atoms with Crippen LogP contribution in [-0.2, 0) is 16.8 Å². The first-order valence-corrected chi connectivity index (χ1v) is 9.26. The van der Waals surface area contributed by atoms with Crippen LogP contribution in [0.15, 0.2) is 42.5 Å². The van der Waals surface area contributed by atoms with Gasteiger partial charge in [-0.25, -0.2) is 4.98 Å². The van der Waals surface area contributed by atoms with Crippen LogP contribution in [0.4, 0.5) is 0 Å². The molecule has 1 aromatic heterocycles. The zero-order valence-electron chi connectivity index (χ0n) is 15.7. The third kappa shape index (κ3) is 2.79. The summed E-state index contributed by atoms with van der Waals surface area (Å²) in [7, 11) is 1.89. The molecule has 0 spiro atoms. The van der Waals surface area contributed by atoms with E-state index < -0.39 is 0 Å². The van der Waals surface area contributed by atoms with Gasteiger partial charge in [0.1, 0.15) is 5.82 Å². The van der Waals surface area contributed by atoms with E-state index in [1.807, 2.05) is 36.2 Å². The van der Waals surface area contributed by atoms with Crippen molar-refractivity contribution in [3.05, 3.63) is 65.0 Å². The maximum absolute atomic E-state index is 13.4. The number of aryl methyl sites for hydroxylation is 2. The topological polar surface area (TPSA) is 49.0 Å². The Hall–Kier alpha value is -2.62. The molecule has 3 aromatic rings. The monoisotopic (exact) mass is 347 g/mol. The van der Waals surface area contributed by atoms with E-state index >= 15 is 0 Å². The maximum Gasteiger partial charge on any atom is 0.233 e. The van der Waals surface area contributed by atoms with Crippen molar-refractivity contribution in [3.63, 3.8) is 0 Å². The number of rotatable bonds is 4. The fraction of sp³-hybridized carbons (Fsp3) is 0.364. The minimum atomic E-state index is -0.364. The van der Waals surface area contributed by atoms with Crippen molar-refractivity contribution in [2.24, 2.45) is 0 Å². The van der Waals surface area contributed by atoms with Crippen LogP contribution in [0.3, 0.4) is 0 Å². The van der Waals surface area contributed by atoms with E-state index in [1.54, 1.807) is 0 Å². The third-order valence-corrected chi connectivity index (χ3v) is 5.56. The lowest BCUT2D eigenvalue weighted by Gasteiger charge is -2.43. The van der Waals surface area contributed by atoms with Gasteiger partial charge in [0, 0.05) is 7.05 Å². The van der Waals surface area contributed by atoms with Crippen LogP contribution >= 0.6 is 0 Å². The smallest absolute Gasteiger partial charge is 0.233 e. The number of para-hydroxylation sites is 2. The Labute approximate surface area is 154 Å². The number of imidazole rings is 1. The highest BCUT2D eigenvalue weighted by Crippen LogP contribution is 2.45. The Balaban J connectivity index is 1.60. The zero-order valence-corrected chi connectivity index (χ0v) is 15.7. The molecule has 1 N–H and O–H groups in total. The molecule has 0 unspecified atom stereocenters. The normalized spacial score (nSPS) is 15.7. The van der Waals surface area contributed by atoms with E-state index in [1.165, 1.54) is 16.7 Å². The minimum Gasteiger partial charge on any atom is -0.340 e. The van der Waals surface area contributed by atoms with Gasteiger partial charge in [0.25, 0.3) is 0 Å². The van der Waals surface area contributed by atoms with Crippen LogP contribution in [0.2, 0.25) is 0 Å². The molecule has 1 saturated carbocycles. The van der Waals surface area contributed by atoms with Gasteiger partial charge in [0.15, 0.2) is 0 Å². The van der Waals surface area contributed by atoms with E-state index in [0.717, 1.165) is 36.1 Å². The first-order chi connectivity index (χ1) is 12.5. The van der Waals surface area contributed by atoms with Gasteiger partial charge in [-0.2, -0.15) is 0 Å². The van der Waals surface area contributed by atoms with Crippen molar-refractivity contribution in [1.82, 2.24) is 14.9 Å². The second-order valence-corrected chi connectivity index (χ2v) is 7.67. The van der Waals surface area contributed by atoms with Crippen LogP contribution in [-0.4, -0.2) is 27.8 Å². The van der Waals surface area contributed by atoms with Crippen LogP contribution < -0.4 is 0 Å². The van der Waals surface area contributed by atoms with Crippen LogP contribution in [0, 0.1) is 13.8 Å². The highest BCUT2D eigenvalue weighted by molar-refractivity contribution is 5.89. The number of nitrogens with zero attached hydrogens (tertiary/aromatic N) is 2. The lowest BCUT2D eigenvalue weighted by Crippen LogP contribution is -2.49. The molecule has 0 bridgehead atoms. The van der Waals surface area contributed by atoms with Gasteiger partial charge in [-0.1, -0.05) is 47.9 Å². The number of benzene rings is 2. The Morgan fingerprint density at radius 3 is 2.46 bits per heavy atom. The van der Waals surface area contributed by atoms with Gasteiger partial charge >= 0.3 is 0 Å². The second-order valence-electron chi connectivity index (χ2n) is 7.67. The first-order valence-electron chi connectivity index (χ1n) is 9.26. The number of aromatic amines is 1. The summed E-state index contributed by atoms with van der Waals surface area (Å²) >= 11 is 0. The number of hydrogen-bond acceptors (Lipinski definition) is 2. The summed E-state index contributed by atoms with van der Waals surface area (Å²) < 4.78 is 0. The molecule has 0 saturated heterocycles. The molecule has 4 heteroatoms. The maximum atomic E-state index is 13.4. The van der Waals surface area contributed by atoms with Crippen molar-refractivity contribution >= 4 is 16.9 Å². The Morgan fingerprint density at radius 2 is 1.85 bits per heavy atom. The quantitative estimate of drug-likeness (QED) is 0.766. The molecule has 1 fully saturated rings. The van der Waals surface area contributed by atoms with E-state index in [-0.39, 0.29) is 11.3 Å². The lowest BCUT2D eigenvalue weighted by molar-refractivity contribution is -0.140. The molecule has 134 valence electrons. The molecule has 1 aliphatic carbocycles. The summed E-state index contributed by atoms with van der Waals surface area (Å²) in [6.45, 7) is 4.71. The van der Waals surface area contributed by atoms with E-state index in [4.69, 9.17) is 0 Å². The van der Waals surface area contributed by atoms with Gasteiger partial charge < -0.3 is 9.88 Å². The number of amides is 1. The molecule has 0 radical (unpaired) electrons. The number of hydrogen-bond donors (Lipinski definition) is 1. The Bertz CT molecular complexity index is 915. The summed E-state index contributed by atoms with van der Waals surface area (Å²) in [5.74, 6) is 1.03. The molecule has 26 heavy (non-hydrogen) atoms. The molecule has 0 aliphatic heterocycles. The van der Waals surface area contributed by atoms with E-state index in [2.05, 4.69) is 42.0 Å². The highest BCUT2D eigenvalue weighted by atomic mass is 16.2. The van der Waals surface area contributed by atoms with Crippen LogP contribution in [0.25, 0.3) is 11.0 Å². The third-order valence-electron chi connectivity index (χ3n) is 5.56. The predicted molar refractivity (Wildman–Crippen MR) is 104 cm³/mol. The van der Waals surface area contributed by atoms with E-state index in [0.29, 0.717) is 6.54 Å². The van der Waals surface area contributed by atoms with Gasteiger partial charge in [-0.15, -0.1) is 0 Å². The standard InChI is InChI=1S/C22H25N3O/c1-15-11-16(2)13-17(12-15)22(9-6-10-22)21(26)25(3)14-20-23-18-7-4-5-8-19(18)24-20/h4-5,7-8,11-13H,6,9-10,14H2,1-3H3,(H,23,24). The van der Waals surface area contributed by atoms with Gasteiger partial charge in [-0.3, -0.25) is 4.79 Å². The second kappa shape index (κ2) is 6.27. The Kier molecular flexibility index (Phi) is 4.06. The van der Waals surface area contributed by atoms with Crippen LogP contribution in [0.1, 0.15) is 41.8 Å². The van der Waals surface area contributed by atoms with Gasteiger partial charge in [-0.05, 0) is 44.4 Å². The average Bonchev–Trinajstić information content (AvgIpc) is 2.95. The van der Waals surface area contributed by atoms with Crippen molar-refractivity contribution in [2.45, 2.75) is 45.1 Å². The fourth-order valence-electron chi connectivity index (χ4n) is 4.15. The zero-order chi connectivity index (χ0) is 18.3. The summed E-state index contributed by atoms with van der Waals surface area (Å²) in [5.41, 5.74) is 5.20. The molecule has 1 heterocycles. The number of H-pyrrole nitrogens is 1. The predicted octanol–water partition coefficient (Wildman–Crippen LogP) is 4.26. The minimum absolute atomic E-state index is 0.203. The first kappa shape index (κ1) is 16.8. The Morgan fingerprint density at radius 1 is 1.15 bits per heavy atom. The molecular formula is C22H25N3O. The van der Waals surface area contributed by atoms with Crippen molar-refractivity contribution in [3.8, 4) is 0 Å². The van der Waals surface area contributed by atoms with Crippen LogP contribution in [0.5, 0.6) is 0 Å². The summed E-state index contributed by atoms with van der Waals surface area (Å²) in [6, 6.07) is 14.5. The lowest BCUT2D eigenvalue weighted by atomic mass is 9.63. The summed E-state index contributed by atoms with van der Waals surface area (Å²) in [4.78, 5) is 23.1. The molecule has 0 atom stereocenters. The highest BCUT2D eigenvalue weighted by Gasteiger charge is 2.47. The SMILES string of the molecule is Cc1cc(C)cc(C2(C(=O)N(C)Cc3nc4ccccc4[nH]3)CCC2)c1. The van der Waals surface area contributed by atoms with Crippen molar-refractivity contribution in [1.29, 1.82) is 0 Å². The van der Waals surface area contributed by atoms with Gasteiger partial charge in [0.2, 0.25) is 5.91 Å². The summed E-state index contributed by atoms with van der Waals surface area (Å²) in [6.07, 6.45) is 2.97. The number of nitrogens with one attached hydrogen (secondary N) is 1. The number of likely N-dealkylation sites (N-methyl/N-ethyl adjacent to an activating group) is 1. The molecule has 1 amide bonds. The number of fused-ring (bicyclic) bond motifs is 1. The number of carbonyl (C=O) groups is 1. The van der Waals surface area contributed by atoms with Crippen molar-refractivity contribution in [2.75, 3.05) is 7.05 Å². The average molecular weight is 347 g/mol. The number of carbonyl (C=O) groups excluding carboxylic acids is 1. The van der Waals surface area contributed by atoms with Crippen molar-refractivity contribution < 1.29 is 4.79 Å². The van der Waals surface area contributed by atoms with Gasteiger partial charge in [0.05, 0.1) is 23.0 Å².